The molecule has 0 amide bonds. The Balaban J connectivity index is 4.43. The molecule has 1 unspecified atom stereocenters. The lowest BCUT2D eigenvalue weighted by Crippen LogP contribution is -2.39. The second-order valence-electron chi connectivity index (χ2n) is 3.00. The highest BCUT2D eigenvalue weighted by molar-refractivity contribution is 5.83. The van der Waals surface area contributed by atoms with Crippen molar-refractivity contribution in [1.82, 2.24) is 0 Å². The van der Waals surface area contributed by atoms with Gasteiger partial charge >= 0.3 is 6.18 Å². The highest BCUT2D eigenvalue weighted by Crippen LogP contribution is 2.26. The molecule has 0 fully saturated rings. The molecule has 0 aliphatic rings. The van der Waals surface area contributed by atoms with Crippen LogP contribution in [-0.4, -0.2) is 29.9 Å². The fraction of sp³-hybridized carbons (Fsp3) is 0.857. The summed E-state index contributed by atoms with van der Waals surface area (Å²) >= 11 is 0. The van der Waals surface area contributed by atoms with Gasteiger partial charge in [-0.3, -0.25) is 0 Å². The van der Waals surface area contributed by atoms with Crippen molar-refractivity contribution < 1.29 is 23.1 Å². The van der Waals surface area contributed by atoms with Gasteiger partial charge < -0.3 is 15.7 Å². The molecule has 0 aromatic rings. The molecule has 4 nitrogen and oxygen atoms in total. The van der Waals surface area contributed by atoms with E-state index in [9.17, 15) is 13.2 Å². The zero-order valence-electron chi connectivity index (χ0n) is 7.88. The predicted octanol–water partition coefficient (Wildman–Crippen LogP) is 1.34. The van der Waals surface area contributed by atoms with Gasteiger partial charge in [0.25, 0.3) is 0 Å². The molecule has 0 rings (SSSR count). The Bertz CT molecular complexity index is 204. The molecule has 0 radical (unpaired) electrons. The summed E-state index contributed by atoms with van der Waals surface area (Å²) < 4.78 is 41.5. The molecule has 84 valence electrons. The SMILES string of the molecule is CC(C)OCC(C(N)=NO)C(F)(F)F. The number of nitrogens with two attached hydrogens (primary N) is 1. The molecule has 0 aromatic carbocycles. The molecule has 0 heterocycles. The third kappa shape index (κ3) is 4.31. The number of amidine groups is 1. The van der Waals surface area contributed by atoms with Crippen LogP contribution in [0.25, 0.3) is 0 Å². The van der Waals surface area contributed by atoms with Gasteiger partial charge in [-0.05, 0) is 13.8 Å². The van der Waals surface area contributed by atoms with E-state index < -0.39 is 24.5 Å². The molecule has 0 aliphatic carbocycles. The van der Waals surface area contributed by atoms with E-state index in [1.54, 1.807) is 13.8 Å². The highest BCUT2D eigenvalue weighted by Gasteiger charge is 2.43. The van der Waals surface area contributed by atoms with Crippen molar-refractivity contribution in [1.29, 1.82) is 0 Å². The molecule has 0 saturated carbocycles. The molecule has 0 spiro atoms. The van der Waals surface area contributed by atoms with E-state index >= 15 is 0 Å². The van der Waals surface area contributed by atoms with Crippen LogP contribution in [0.5, 0.6) is 0 Å². The summed E-state index contributed by atoms with van der Waals surface area (Å²) in [5, 5.41) is 10.5. The van der Waals surface area contributed by atoms with Crippen LogP contribution in [0.3, 0.4) is 0 Å². The van der Waals surface area contributed by atoms with Crippen molar-refractivity contribution >= 4 is 5.84 Å². The molecule has 1 atom stereocenters. The number of halogens is 3. The van der Waals surface area contributed by atoms with Gasteiger partial charge in [-0.2, -0.15) is 13.2 Å². The minimum Gasteiger partial charge on any atom is -0.409 e. The predicted molar refractivity (Wildman–Crippen MR) is 44.0 cm³/mol. The Morgan fingerprint density at radius 3 is 2.29 bits per heavy atom. The smallest absolute Gasteiger partial charge is 0.401 e. The second-order valence-corrected chi connectivity index (χ2v) is 3.00. The van der Waals surface area contributed by atoms with Gasteiger partial charge in [0.2, 0.25) is 0 Å². The molecule has 0 aliphatic heterocycles. The van der Waals surface area contributed by atoms with E-state index in [2.05, 4.69) is 5.16 Å². The van der Waals surface area contributed by atoms with Crippen LogP contribution in [-0.2, 0) is 4.74 Å². The third-order valence-corrected chi connectivity index (χ3v) is 1.46. The summed E-state index contributed by atoms with van der Waals surface area (Å²) in [4.78, 5) is 0. The Labute approximate surface area is 79.5 Å². The Kier molecular flexibility index (Phi) is 4.69. The van der Waals surface area contributed by atoms with Crippen molar-refractivity contribution in [3.63, 3.8) is 0 Å². The van der Waals surface area contributed by atoms with E-state index in [4.69, 9.17) is 15.7 Å². The molecule has 0 aromatic heterocycles. The second kappa shape index (κ2) is 5.04. The average molecular weight is 214 g/mol. The van der Waals surface area contributed by atoms with Crippen molar-refractivity contribution in [2.75, 3.05) is 6.61 Å². The maximum absolute atomic E-state index is 12.3. The summed E-state index contributed by atoms with van der Waals surface area (Å²) in [7, 11) is 0. The maximum Gasteiger partial charge on any atom is 0.401 e. The number of hydrogen-bond acceptors (Lipinski definition) is 3. The Morgan fingerprint density at radius 2 is 2.00 bits per heavy atom. The van der Waals surface area contributed by atoms with Gasteiger partial charge in [-0.25, -0.2) is 0 Å². The summed E-state index contributed by atoms with van der Waals surface area (Å²) in [6.07, 6.45) is -4.91. The zero-order valence-corrected chi connectivity index (χ0v) is 7.88. The highest BCUT2D eigenvalue weighted by atomic mass is 19.4. The van der Waals surface area contributed by atoms with Gasteiger partial charge in [0.15, 0.2) is 5.84 Å². The monoisotopic (exact) mass is 214 g/mol. The summed E-state index contributed by atoms with van der Waals surface area (Å²) in [6, 6.07) is 0. The lowest BCUT2D eigenvalue weighted by atomic mass is 10.1. The van der Waals surface area contributed by atoms with E-state index in [0.717, 1.165) is 0 Å². The zero-order chi connectivity index (χ0) is 11.4. The van der Waals surface area contributed by atoms with Crippen LogP contribution in [0.15, 0.2) is 5.16 Å². The van der Waals surface area contributed by atoms with Crippen molar-refractivity contribution in [3.05, 3.63) is 0 Å². The van der Waals surface area contributed by atoms with Crippen molar-refractivity contribution in [2.24, 2.45) is 16.8 Å². The maximum atomic E-state index is 12.3. The first-order chi connectivity index (χ1) is 6.29. The Morgan fingerprint density at radius 1 is 1.50 bits per heavy atom. The summed E-state index contributed by atoms with van der Waals surface area (Å²) in [5.74, 6) is -2.95. The number of alkyl halides is 3. The first-order valence-corrected chi connectivity index (χ1v) is 3.94. The quantitative estimate of drug-likeness (QED) is 0.321. The minimum absolute atomic E-state index is 0.341. The van der Waals surface area contributed by atoms with Crippen LogP contribution in [0, 0.1) is 5.92 Å². The molecular weight excluding hydrogens is 201 g/mol. The topological polar surface area (TPSA) is 67.8 Å². The number of nitrogens with zero attached hydrogens (tertiary/aromatic N) is 1. The van der Waals surface area contributed by atoms with E-state index in [1.807, 2.05) is 0 Å². The summed E-state index contributed by atoms with van der Waals surface area (Å²) in [6.45, 7) is 2.55. The van der Waals surface area contributed by atoms with Crippen LogP contribution in [0.4, 0.5) is 13.2 Å². The van der Waals surface area contributed by atoms with E-state index in [1.165, 1.54) is 0 Å². The van der Waals surface area contributed by atoms with Gasteiger partial charge in [-0.15, -0.1) is 0 Å². The fourth-order valence-corrected chi connectivity index (χ4v) is 0.706. The van der Waals surface area contributed by atoms with Crippen molar-refractivity contribution in [3.8, 4) is 0 Å². The Hall–Kier alpha value is -0.980. The molecular formula is C7H13F3N2O2. The van der Waals surface area contributed by atoms with Gasteiger partial charge in [0, 0.05) is 0 Å². The lowest BCUT2D eigenvalue weighted by Gasteiger charge is -2.19. The largest absolute Gasteiger partial charge is 0.409 e. The summed E-state index contributed by atoms with van der Waals surface area (Å²) in [5.41, 5.74) is 4.89. The first-order valence-electron chi connectivity index (χ1n) is 3.94. The molecule has 0 saturated heterocycles. The van der Waals surface area contributed by atoms with Crippen molar-refractivity contribution in [2.45, 2.75) is 26.1 Å². The number of rotatable bonds is 4. The molecule has 0 bridgehead atoms. The number of hydrogen-bond donors (Lipinski definition) is 2. The molecule has 14 heavy (non-hydrogen) atoms. The van der Waals surface area contributed by atoms with Crippen LogP contribution in [0.1, 0.15) is 13.8 Å². The van der Waals surface area contributed by atoms with E-state index in [0.29, 0.717) is 0 Å². The van der Waals surface area contributed by atoms with E-state index in [-0.39, 0.29) is 6.10 Å². The average Bonchev–Trinajstić information content (AvgIpc) is 2.01. The fourth-order valence-electron chi connectivity index (χ4n) is 0.706. The molecule has 3 N–H and O–H groups in total. The van der Waals surface area contributed by atoms with Crippen LogP contribution in [0.2, 0.25) is 0 Å². The molecule has 7 heteroatoms. The van der Waals surface area contributed by atoms with Crippen LogP contribution >= 0.6 is 0 Å². The van der Waals surface area contributed by atoms with Crippen LogP contribution < -0.4 is 5.73 Å². The van der Waals surface area contributed by atoms with Gasteiger partial charge in [0.05, 0.1) is 12.7 Å². The number of ether oxygens (including phenoxy) is 1. The van der Waals surface area contributed by atoms with Gasteiger partial charge in [0.1, 0.15) is 5.92 Å². The van der Waals surface area contributed by atoms with Gasteiger partial charge in [-0.1, -0.05) is 5.16 Å². The first kappa shape index (κ1) is 13.0. The lowest BCUT2D eigenvalue weighted by molar-refractivity contribution is -0.171. The number of oxime groups is 1. The minimum atomic E-state index is -4.56. The standard InChI is InChI=1S/C7H13F3N2O2/c1-4(2)14-3-5(6(11)12-13)7(8,9)10/h4-5,13H,3H2,1-2H3,(H2,11,12). The normalized spacial score (nSPS) is 16.0. The third-order valence-electron chi connectivity index (χ3n) is 1.46.